The molecule has 0 bridgehead atoms. The molecule has 0 fully saturated rings. The summed E-state index contributed by atoms with van der Waals surface area (Å²) in [5.74, 6) is 0.129. The summed E-state index contributed by atoms with van der Waals surface area (Å²) in [5.41, 5.74) is 2.61. The molecule has 2 aromatic carbocycles. The second-order valence-electron chi connectivity index (χ2n) is 5.86. The summed E-state index contributed by atoms with van der Waals surface area (Å²) < 4.78 is 5.23. The van der Waals surface area contributed by atoms with Gasteiger partial charge in [0.05, 0.1) is 12.7 Å². The SMILES string of the molecule is COc1ccc(C)cc1C(=O)Nc1ccc(C(=O)NC(C)C)cc1. The topological polar surface area (TPSA) is 67.4 Å². The Morgan fingerprint density at radius 2 is 1.67 bits per heavy atom. The smallest absolute Gasteiger partial charge is 0.259 e. The maximum absolute atomic E-state index is 12.4. The van der Waals surface area contributed by atoms with Gasteiger partial charge in [0.2, 0.25) is 0 Å². The third-order valence-corrected chi connectivity index (χ3v) is 3.42. The summed E-state index contributed by atoms with van der Waals surface area (Å²) in [6.45, 7) is 5.72. The summed E-state index contributed by atoms with van der Waals surface area (Å²) in [7, 11) is 1.53. The number of anilines is 1. The fraction of sp³-hybridized carbons (Fsp3) is 0.263. The highest BCUT2D eigenvalue weighted by atomic mass is 16.5. The van der Waals surface area contributed by atoms with Crippen LogP contribution in [0.1, 0.15) is 40.1 Å². The van der Waals surface area contributed by atoms with Gasteiger partial charge < -0.3 is 15.4 Å². The molecule has 0 aliphatic rings. The van der Waals surface area contributed by atoms with Crippen LogP contribution in [-0.4, -0.2) is 25.0 Å². The molecule has 0 saturated carbocycles. The van der Waals surface area contributed by atoms with Crippen LogP contribution >= 0.6 is 0 Å². The lowest BCUT2D eigenvalue weighted by molar-refractivity contribution is 0.0942. The largest absolute Gasteiger partial charge is 0.496 e. The van der Waals surface area contributed by atoms with Crippen LogP contribution in [0.25, 0.3) is 0 Å². The minimum Gasteiger partial charge on any atom is -0.496 e. The molecule has 0 radical (unpaired) electrons. The Labute approximate surface area is 142 Å². The van der Waals surface area contributed by atoms with Crippen LogP contribution < -0.4 is 15.4 Å². The predicted molar refractivity (Wildman–Crippen MR) is 94.7 cm³/mol. The first-order valence-corrected chi connectivity index (χ1v) is 7.77. The molecule has 0 saturated heterocycles. The monoisotopic (exact) mass is 326 g/mol. The fourth-order valence-corrected chi connectivity index (χ4v) is 2.25. The molecular formula is C19H22N2O3. The fourth-order valence-electron chi connectivity index (χ4n) is 2.25. The Morgan fingerprint density at radius 3 is 2.25 bits per heavy atom. The van der Waals surface area contributed by atoms with Crippen LogP contribution in [0.4, 0.5) is 5.69 Å². The number of hydrogen-bond donors (Lipinski definition) is 2. The number of nitrogens with one attached hydrogen (secondary N) is 2. The van der Waals surface area contributed by atoms with Gasteiger partial charge in [0.25, 0.3) is 11.8 Å². The molecule has 2 N–H and O–H groups in total. The number of methoxy groups -OCH3 is 1. The summed E-state index contributed by atoms with van der Waals surface area (Å²) in [6.07, 6.45) is 0. The van der Waals surface area contributed by atoms with Crippen molar-refractivity contribution < 1.29 is 14.3 Å². The molecule has 24 heavy (non-hydrogen) atoms. The van der Waals surface area contributed by atoms with E-state index in [-0.39, 0.29) is 17.9 Å². The molecule has 2 aromatic rings. The van der Waals surface area contributed by atoms with Crippen molar-refractivity contribution in [3.8, 4) is 5.75 Å². The standard InChI is InChI=1S/C19H22N2O3/c1-12(2)20-18(22)14-6-8-15(9-7-14)21-19(23)16-11-13(3)5-10-17(16)24-4/h5-12H,1-4H3,(H,20,22)(H,21,23). The first kappa shape index (κ1) is 17.5. The van der Waals surface area contributed by atoms with Gasteiger partial charge in [-0.05, 0) is 57.2 Å². The lowest BCUT2D eigenvalue weighted by Crippen LogP contribution is -2.30. The van der Waals surface area contributed by atoms with Gasteiger partial charge in [0.1, 0.15) is 5.75 Å². The van der Waals surface area contributed by atoms with Crippen molar-refractivity contribution in [1.82, 2.24) is 5.32 Å². The average molecular weight is 326 g/mol. The normalized spacial score (nSPS) is 10.4. The highest BCUT2D eigenvalue weighted by Crippen LogP contribution is 2.21. The zero-order valence-electron chi connectivity index (χ0n) is 14.3. The van der Waals surface area contributed by atoms with E-state index in [1.165, 1.54) is 7.11 Å². The van der Waals surface area contributed by atoms with Crippen molar-refractivity contribution >= 4 is 17.5 Å². The van der Waals surface area contributed by atoms with E-state index in [4.69, 9.17) is 4.74 Å². The Hall–Kier alpha value is -2.82. The molecule has 0 atom stereocenters. The number of carbonyl (C=O) groups excluding carboxylic acids is 2. The van der Waals surface area contributed by atoms with Gasteiger partial charge in [-0.15, -0.1) is 0 Å². The van der Waals surface area contributed by atoms with Crippen LogP contribution in [-0.2, 0) is 0 Å². The number of hydrogen-bond acceptors (Lipinski definition) is 3. The van der Waals surface area contributed by atoms with Gasteiger partial charge in [-0.2, -0.15) is 0 Å². The minimum absolute atomic E-state index is 0.0747. The van der Waals surface area contributed by atoms with Crippen molar-refractivity contribution in [1.29, 1.82) is 0 Å². The predicted octanol–water partition coefficient (Wildman–Crippen LogP) is 3.39. The molecule has 5 nitrogen and oxygen atoms in total. The third-order valence-electron chi connectivity index (χ3n) is 3.42. The highest BCUT2D eigenvalue weighted by Gasteiger charge is 2.13. The van der Waals surface area contributed by atoms with E-state index in [0.717, 1.165) is 5.56 Å². The van der Waals surface area contributed by atoms with E-state index in [1.54, 1.807) is 36.4 Å². The summed E-state index contributed by atoms with van der Waals surface area (Å²) in [5, 5.41) is 5.64. The Bertz CT molecular complexity index is 737. The van der Waals surface area contributed by atoms with Crippen LogP contribution in [0.5, 0.6) is 5.75 Å². The molecule has 0 aliphatic carbocycles. The van der Waals surface area contributed by atoms with E-state index in [2.05, 4.69) is 10.6 Å². The lowest BCUT2D eigenvalue weighted by atomic mass is 10.1. The molecule has 0 spiro atoms. The van der Waals surface area contributed by atoms with Gasteiger partial charge in [-0.1, -0.05) is 11.6 Å². The molecular weight excluding hydrogens is 304 g/mol. The number of aryl methyl sites for hydroxylation is 1. The van der Waals surface area contributed by atoms with Gasteiger partial charge in [-0.25, -0.2) is 0 Å². The lowest BCUT2D eigenvalue weighted by Gasteiger charge is -2.11. The second kappa shape index (κ2) is 7.64. The van der Waals surface area contributed by atoms with Crippen LogP contribution in [0.15, 0.2) is 42.5 Å². The minimum atomic E-state index is -0.255. The Morgan fingerprint density at radius 1 is 1.00 bits per heavy atom. The van der Waals surface area contributed by atoms with Crippen molar-refractivity contribution in [3.05, 3.63) is 59.2 Å². The summed E-state index contributed by atoms with van der Waals surface area (Å²) in [6, 6.07) is 12.3. The van der Waals surface area contributed by atoms with E-state index in [9.17, 15) is 9.59 Å². The molecule has 2 rings (SSSR count). The van der Waals surface area contributed by atoms with Gasteiger partial charge in [0, 0.05) is 17.3 Å². The van der Waals surface area contributed by atoms with Gasteiger partial charge in [0.15, 0.2) is 0 Å². The molecule has 0 heterocycles. The van der Waals surface area contributed by atoms with E-state index >= 15 is 0 Å². The van der Waals surface area contributed by atoms with Crippen molar-refractivity contribution in [2.45, 2.75) is 26.8 Å². The van der Waals surface area contributed by atoms with Crippen molar-refractivity contribution in [3.63, 3.8) is 0 Å². The molecule has 2 amide bonds. The molecule has 126 valence electrons. The zero-order valence-corrected chi connectivity index (χ0v) is 14.3. The molecule has 5 heteroatoms. The first-order valence-electron chi connectivity index (χ1n) is 7.77. The number of rotatable bonds is 5. The third kappa shape index (κ3) is 4.35. The quantitative estimate of drug-likeness (QED) is 0.885. The average Bonchev–Trinajstić information content (AvgIpc) is 2.54. The van der Waals surface area contributed by atoms with E-state index in [1.807, 2.05) is 26.8 Å². The number of amides is 2. The molecule has 0 aliphatic heterocycles. The zero-order chi connectivity index (χ0) is 17.7. The number of benzene rings is 2. The second-order valence-corrected chi connectivity index (χ2v) is 5.86. The van der Waals surface area contributed by atoms with E-state index < -0.39 is 0 Å². The van der Waals surface area contributed by atoms with Gasteiger partial charge >= 0.3 is 0 Å². The molecule has 0 unspecified atom stereocenters. The first-order chi connectivity index (χ1) is 11.4. The Kier molecular flexibility index (Phi) is 5.58. The number of carbonyl (C=O) groups is 2. The van der Waals surface area contributed by atoms with Gasteiger partial charge in [-0.3, -0.25) is 9.59 Å². The Balaban J connectivity index is 2.13. The van der Waals surface area contributed by atoms with Crippen molar-refractivity contribution in [2.75, 3.05) is 12.4 Å². The van der Waals surface area contributed by atoms with E-state index in [0.29, 0.717) is 22.6 Å². The maximum Gasteiger partial charge on any atom is 0.259 e. The highest BCUT2D eigenvalue weighted by molar-refractivity contribution is 6.06. The van der Waals surface area contributed by atoms with Crippen molar-refractivity contribution in [2.24, 2.45) is 0 Å². The summed E-state index contributed by atoms with van der Waals surface area (Å²) >= 11 is 0. The molecule has 0 aromatic heterocycles. The van der Waals surface area contributed by atoms with Crippen LogP contribution in [0.2, 0.25) is 0 Å². The maximum atomic E-state index is 12.4. The van der Waals surface area contributed by atoms with Crippen LogP contribution in [0, 0.1) is 6.92 Å². The summed E-state index contributed by atoms with van der Waals surface area (Å²) in [4.78, 5) is 24.4. The van der Waals surface area contributed by atoms with Crippen LogP contribution in [0.3, 0.4) is 0 Å². The number of ether oxygens (including phenoxy) is 1.